The first-order chi connectivity index (χ1) is 8.25. The molecule has 17 heavy (non-hydrogen) atoms. The fraction of sp³-hybridized carbons (Fsp3) is 1.00. The van der Waals surface area contributed by atoms with Crippen molar-refractivity contribution >= 4 is 0 Å². The molecule has 0 aromatic heterocycles. The highest BCUT2D eigenvalue weighted by molar-refractivity contribution is 4.77. The minimum absolute atomic E-state index is 0.514. The summed E-state index contributed by atoms with van der Waals surface area (Å²) in [5, 5.41) is 3.37. The van der Waals surface area contributed by atoms with Gasteiger partial charge in [0.15, 0.2) is 0 Å². The van der Waals surface area contributed by atoms with Crippen molar-refractivity contribution in [3.63, 3.8) is 0 Å². The Labute approximate surface area is 106 Å². The average Bonchev–Trinajstić information content (AvgIpc) is 2.79. The second kappa shape index (κ2) is 6.72. The van der Waals surface area contributed by atoms with Gasteiger partial charge in [-0.15, -0.1) is 0 Å². The van der Waals surface area contributed by atoms with Gasteiger partial charge in [0.1, 0.15) is 0 Å². The molecule has 2 heterocycles. The monoisotopic (exact) mass is 240 g/mol. The van der Waals surface area contributed by atoms with Crippen LogP contribution in [0, 0.1) is 11.8 Å². The predicted molar refractivity (Wildman–Crippen MR) is 71.2 cm³/mol. The van der Waals surface area contributed by atoms with Crippen molar-refractivity contribution in [2.75, 3.05) is 39.3 Å². The molecule has 2 saturated heterocycles. The third kappa shape index (κ3) is 4.23. The third-order valence-electron chi connectivity index (χ3n) is 4.30. The summed E-state index contributed by atoms with van der Waals surface area (Å²) in [5.41, 5.74) is 0. The molecule has 0 amide bonds. The summed E-state index contributed by atoms with van der Waals surface area (Å²) in [6.45, 7) is 11.6. The van der Waals surface area contributed by atoms with Crippen LogP contribution in [0.15, 0.2) is 0 Å². The molecule has 3 heteroatoms. The third-order valence-corrected chi connectivity index (χ3v) is 4.30. The summed E-state index contributed by atoms with van der Waals surface area (Å²) in [5.74, 6) is 1.75. The van der Waals surface area contributed by atoms with Crippen LogP contribution in [-0.4, -0.2) is 50.3 Å². The normalized spacial score (nSPS) is 28.1. The summed E-state index contributed by atoms with van der Waals surface area (Å²) >= 11 is 0. The van der Waals surface area contributed by atoms with Gasteiger partial charge in [0.25, 0.3) is 0 Å². The van der Waals surface area contributed by atoms with E-state index in [0.717, 1.165) is 38.1 Å². The van der Waals surface area contributed by atoms with Crippen LogP contribution in [0.25, 0.3) is 0 Å². The second-order valence-corrected chi connectivity index (χ2v) is 5.91. The maximum atomic E-state index is 5.96. The zero-order valence-electron chi connectivity index (χ0n) is 11.5. The molecule has 1 unspecified atom stereocenters. The number of piperidine rings is 1. The molecule has 2 fully saturated rings. The molecule has 2 aliphatic heterocycles. The SMILES string of the molecule is CC(C)C1CCN(CCOC2CCNCC2)C1. The fourth-order valence-corrected chi connectivity index (χ4v) is 2.92. The van der Waals surface area contributed by atoms with Crippen molar-refractivity contribution in [2.45, 2.75) is 39.2 Å². The predicted octanol–water partition coefficient (Wildman–Crippen LogP) is 1.73. The lowest BCUT2D eigenvalue weighted by molar-refractivity contribution is 0.0223. The number of rotatable bonds is 5. The van der Waals surface area contributed by atoms with E-state index >= 15 is 0 Å². The van der Waals surface area contributed by atoms with Crippen LogP contribution < -0.4 is 5.32 Å². The Balaban J connectivity index is 1.56. The van der Waals surface area contributed by atoms with Crippen LogP contribution in [0.2, 0.25) is 0 Å². The zero-order valence-corrected chi connectivity index (χ0v) is 11.5. The molecule has 0 aromatic carbocycles. The molecule has 0 bridgehead atoms. The van der Waals surface area contributed by atoms with Crippen molar-refractivity contribution in [1.29, 1.82) is 0 Å². The quantitative estimate of drug-likeness (QED) is 0.792. The zero-order chi connectivity index (χ0) is 12.1. The lowest BCUT2D eigenvalue weighted by Gasteiger charge is -2.24. The van der Waals surface area contributed by atoms with Gasteiger partial charge in [0.2, 0.25) is 0 Å². The minimum Gasteiger partial charge on any atom is -0.377 e. The number of nitrogens with zero attached hydrogens (tertiary/aromatic N) is 1. The van der Waals surface area contributed by atoms with Gasteiger partial charge in [0.05, 0.1) is 12.7 Å². The van der Waals surface area contributed by atoms with E-state index in [2.05, 4.69) is 24.1 Å². The summed E-state index contributed by atoms with van der Waals surface area (Å²) in [6, 6.07) is 0. The van der Waals surface area contributed by atoms with Gasteiger partial charge in [0, 0.05) is 13.1 Å². The number of ether oxygens (including phenoxy) is 1. The van der Waals surface area contributed by atoms with Crippen LogP contribution in [0.1, 0.15) is 33.1 Å². The van der Waals surface area contributed by atoms with E-state index in [4.69, 9.17) is 4.74 Å². The van der Waals surface area contributed by atoms with Crippen molar-refractivity contribution in [1.82, 2.24) is 10.2 Å². The van der Waals surface area contributed by atoms with Crippen molar-refractivity contribution in [2.24, 2.45) is 11.8 Å². The van der Waals surface area contributed by atoms with E-state index in [1.165, 1.54) is 32.4 Å². The van der Waals surface area contributed by atoms with E-state index in [-0.39, 0.29) is 0 Å². The Morgan fingerprint density at radius 3 is 2.65 bits per heavy atom. The van der Waals surface area contributed by atoms with Crippen LogP contribution in [0.3, 0.4) is 0 Å². The summed E-state index contributed by atoms with van der Waals surface area (Å²) in [6.07, 6.45) is 4.27. The van der Waals surface area contributed by atoms with Gasteiger partial charge >= 0.3 is 0 Å². The number of hydrogen-bond acceptors (Lipinski definition) is 3. The Morgan fingerprint density at radius 1 is 1.24 bits per heavy atom. The molecule has 0 saturated carbocycles. The first-order valence-corrected chi connectivity index (χ1v) is 7.30. The van der Waals surface area contributed by atoms with Crippen molar-refractivity contribution in [3.8, 4) is 0 Å². The van der Waals surface area contributed by atoms with Gasteiger partial charge in [-0.25, -0.2) is 0 Å². The molecule has 0 spiro atoms. The molecule has 0 radical (unpaired) electrons. The molecule has 3 nitrogen and oxygen atoms in total. The number of likely N-dealkylation sites (tertiary alicyclic amines) is 1. The smallest absolute Gasteiger partial charge is 0.0600 e. The lowest BCUT2D eigenvalue weighted by Crippen LogP contribution is -2.34. The van der Waals surface area contributed by atoms with Crippen molar-refractivity contribution in [3.05, 3.63) is 0 Å². The summed E-state index contributed by atoms with van der Waals surface area (Å²) < 4.78 is 5.96. The molecular formula is C14H28N2O. The Kier molecular flexibility index (Phi) is 5.26. The maximum Gasteiger partial charge on any atom is 0.0600 e. The molecule has 1 N–H and O–H groups in total. The molecule has 0 aliphatic carbocycles. The van der Waals surface area contributed by atoms with Crippen molar-refractivity contribution < 1.29 is 4.74 Å². The topological polar surface area (TPSA) is 24.5 Å². The summed E-state index contributed by atoms with van der Waals surface area (Å²) in [4.78, 5) is 2.58. The van der Waals surface area contributed by atoms with Gasteiger partial charge in [-0.2, -0.15) is 0 Å². The largest absolute Gasteiger partial charge is 0.377 e. The fourth-order valence-electron chi connectivity index (χ4n) is 2.92. The van der Waals surface area contributed by atoms with Crippen LogP contribution >= 0.6 is 0 Å². The maximum absolute atomic E-state index is 5.96. The van der Waals surface area contributed by atoms with E-state index in [1.807, 2.05) is 0 Å². The molecule has 2 aliphatic rings. The highest BCUT2D eigenvalue weighted by Crippen LogP contribution is 2.23. The molecule has 100 valence electrons. The van der Waals surface area contributed by atoms with E-state index in [0.29, 0.717) is 6.10 Å². The Morgan fingerprint density at radius 2 is 2.00 bits per heavy atom. The number of nitrogens with one attached hydrogen (secondary N) is 1. The highest BCUT2D eigenvalue weighted by atomic mass is 16.5. The van der Waals surface area contributed by atoms with Crippen LogP contribution in [0.5, 0.6) is 0 Å². The Hall–Kier alpha value is -0.120. The van der Waals surface area contributed by atoms with E-state index in [1.54, 1.807) is 0 Å². The van der Waals surface area contributed by atoms with Crippen LogP contribution in [0.4, 0.5) is 0 Å². The first-order valence-electron chi connectivity index (χ1n) is 7.30. The van der Waals surface area contributed by atoms with E-state index < -0.39 is 0 Å². The average molecular weight is 240 g/mol. The highest BCUT2D eigenvalue weighted by Gasteiger charge is 2.24. The minimum atomic E-state index is 0.514. The number of hydrogen-bond donors (Lipinski definition) is 1. The standard InChI is InChI=1S/C14H28N2O/c1-12(2)13-5-8-16(11-13)9-10-17-14-3-6-15-7-4-14/h12-15H,3-11H2,1-2H3. The molecule has 0 aromatic rings. The summed E-state index contributed by atoms with van der Waals surface area (Å²) in [7, 11) is 0. The van der Waals surface area contributed by atoms with Gasteiger partial charge in [-0.05, 0) is 50.7 Å². The van der Waals surface area contributed by atoms with Gasteiger partial charge in [-0.1, -0.05) is 13.8 Å². The first kappa shape index (κ1) is 13.3. The lowest BCUT2D eigenvalue weighted by atomic mass is 9.95. The van der Waals surface area contributed by atoms with Gasteiger partial charge in [-0.3, -0.25) is 0 Å². The molecule has 1 atom stereocenters. The Bertz CT molecular complexity index is 214. The van der Waals surface area contributed by atoms with Gasteiger partial charge < -0.3 is 15.0 Å². The van der Waals surface area contributed by atoms with E-state index in [9.17, 15) is 0 Å². The van der Waals surface area contributed by atoms with Crippen LogP contribution in [-0.2, 0) is 4.74 Å². The molecule has 2 rings (SSSR count). The second-order valence-electron chi connectivity index (χ2n) is 5.91. The molecular weight excluding hydrogens is 212 g/mol.